The van der Waals surface area contributed by atoms with Gasteiger partial charge in [-0.25, -0.2) is 4.98 Å². The molecule has 10 heteroatoms. The number of hydrogen-bond donors (Lipinski definition) is 4. The SMILES string of the molecule is Nc1nc(N)c2ncn([C@@H]3O[C@@]4(CO)CO[C@@H]3C4O)c2n1. The van der Waals surface area contributed by atoms with Gasteiger partial charge in [-0.2, -0.15) is 9.97 Å². The van der Waals surface area contributed by atoms with E-state index in [2.05, 4.69) is 15.0 Å². The summed E-state index contributed by atoms with van der Waals surface area (Å²) in [6.07, 6.45) is -0.741. The summed E-state index contributed by atoms with van der Waals surface area (Å²) in [4.78, 5) is 12.1. The maximum Gasteiger partial charge on any atom is 0.224 e. The third-order valence-corrected chi connectivity index (χ3v) is 4.01. The molecule has 4 rings (SSSR count). The summed E-state index contributed by atoms with van der Waals surface area (Å²) in [5.41, 5.74) is 11.0. The molecule has 1 unspecified atom stereocenters. The van der Waals surface area contributed by atoms with Crippen molar-refractivity contribution in [2.75, 3.05) is 24.7 Å². The Balaban J connectivity index is 1.82. The first kappa shape index (κ1) is 12.7. The third-order valence-electron chi connectivity index (χ3n) is 4.01. The standard InChI is InChI=1S/C11H14N6O4/c12-7-4-8(16-10(13)15-7)17(3-14-4)9-5-6(19)11(1-18,21-9)2-20-5/h3,5-6,9,18-19H,1-2H2,(H4,12,13,15,16)/t5-,6?,9-,11+/m1/s1. The van der Waals surface area contributed by atoms with E-state index in [1.165, 1.54) is 6.33 Å². The van der Waals surface area contributed by atoms with Crippen LogP contribution in [0.25, 0.3) is 11.2 Å². The van der Waals surface area contributed by atoms with Crippen molar-refractivity contribution in [2.24, 2.45) is 0 Å². The zero-order chi connectivity index (χ0) is 14.8. The normalized spacial score (nSPS) is 34.9. The van der Waals surface area contributed by atoms with Crippen LogP contribution in [0.1, 0.15) is 6.23 Å². The van der Waals surface area contributed by atoms with Crippen LogP contribution >= 0.6 is 0 Å². The fraction of sp³-hybridized carbons (Fsp3) is 0.545. The van der Waals surface area contributed by atoms with Crippen molar-refractivity contribution in [3.05, 3.63) is 6.33 Å². The Morgan fingerprint density at radius 1 is 1.43 bits per heavy atom. The molecule has 10 nitrogen and oxygen atoms in total. The van der Waals surface area contributed by atoms with Crippen molar-refractivity contribution >= 4 is 22.9 Å². The van der Waals surface area contributed by atoms with Gasteiger partial charge in [0, 0.05) is 0 Å². The molecule has 2 aliphatic heterocycles. The number of imidazole rings is 1. The predicted molar refractivity (Wildman–Crippen MR) is 69.8 cm³/mol. The van der Waals surface area contributed by atoms with Gasteiger partial charge in [0.2, 0.25) is 5.95 Å². The minimum Gasteiger partial charge on any atom is -0.393 e. The van der Waals surface area contributed by atoms with Gasteiger partial charge in [-0.3, -0.25) is 4.57 Å². The van der Waals surface area contributed by atoms with E-state index in [1.807, 2.05) is 0 Å². The van der Waals surface area contributed by atoms with Crippen LogP contribution in [0, 0.1) is 0 Å². The molecule has 2 aromatic rings. The molecular weight excluding hydrogens is 280 g/mol. The quantitative estimate of drug-likeness (QED) is 0.492. The maximum absolute atomic E-state index is 10.2. The molecule has 4 atom stereocenters. The van der Waals surface area contributed by atoms with Gasteiger partial charge in [-0.1, -0.05) is 0 Å². The zero-order valence-corrected chi connectivity index (χ0v) is 10.9. The maximum atomic E-state index is 10.2. The van der Waals surface area contributed by atoms with Crippen LogP contribution < -0.4 is 11.5 Å². The van der Waals surface area contributed by atoms with Crippen LogP contribution in [0.4, 0.5) is 11.8 Å². The minimum absolute atomic E-state index is 0.0169. The second-order valence-electron chi connectivity index (χ2n) is 5.24. The number of anilines is 2. The van der Waals surface area contributed by atoms with Gasteiger partial charge in [-0.15, -0.1) is 0 Å². The highest BCUT2D eigenvalue weighted by molar-refractivity contribution is 5.82. The second-order valence-corrected chi connectivity index (χ2v) is 5.24. The highest BCUT2D eigenvalue weighted by Crippen LogP contribution is 2.45. The summed E-state index contributed by atoms with van der Waals surface area (Å²) < 4.78 is 12.9. The van der Waals surface area contributed by atoms with Gasteiger partial charge in [0.05, 0.1) is 19.5 Å². The minimum atomic E-state index is -1.12. The molecule has 0 aromatic carbocycles. The number of nitrogens with two attached hydrogens (primary N) is 2. The highest BCUT2D eigenvalue weighted by atomic mass is 16.7. The molecule has 2 saturated heterocycles. The lowest BCUT2D eigenvalue weighted by atomic mass is 10.0. The first-order chi connectivity index (χ1) is 10.1. The smallest absolute Gasteiger partial charge is 0.224 e. The molecule has 112 valence electrons. The largest absolute Gasteiger partial charge is 0.393 e. The lowest BCUT2D eigenvalue weighted by molar-refractivity contribution is -0.185. The first-order valence-corrected chi connectivity index (χ1v) is 6.39. The summed E-state index contributed by atoms with van der Waals surface area (Å²) in [6.45, 7) is -0.204. The van der Waals surface area contributed by atoms with Crippen LogP contribution in [0.2, 0.25) is 0 Å². The summed E-state index contributed by atoms with van der Waals surface area (Å²) in [6, 6.07) is 0. The number of aliphatic hydroxyl groups is 2. The molecule has 0 amide bonds. The van der Waals surface area contributed by atoms with Crippen LogP contribution in [-0.2, 0) is 9.47 Å². The molecule has 21 heavy (non-hydrogen) atoms. The summed E-state index contributed by atoms with van der Waals surface area (Å²) in [5, 5.41) is 19.7. The molecule has 2 fully saturated rings. The third kappa shape index (κ3) is 1.52. The average molecular weight is 294 g/mol. The lowest BCUT2D eigenvalue weighted by Crippen LogP contribution is -2.44. The number of ether oxygens (including phenoxy) is 2. The fourth-order valence-electron chi connectivity index (χ4n) is 2.90. The van der Waals surface area contributed by atoms with E-state index in [4.69, 9.17) is 20.9 Å². The molecule has 0 spiro atoms. The van der Waals surface area contributed by atoms with Gasteiger partial charge in [0.1, 0.15) is 23.3 Å². The number of nitrogen functional groups attached to an aromatic ring is 2. The van der Waals surface area contributed by atoms with Crippen molar-refractivity contribution < 1.29 is 19.7 Å². The molecule has 4 heterocycles. The number of rotatable bonds is 2. The Labute approximate surface area is 118 Å². The van der Waals surface area contributed by atoms with E-state index in [9.17, 15) is 10.2 Å². The Kier molecular flexibility index (Phi) is 2.43. The zero-order valence-electron chi connectivity index (χ0n) is 10.9. The average Bonchev–Trinajstić information content (AvgIpc) is 3.09. The van der Waals surface area contributed by atoms with Gasteiger partial charge in [0.25, 0.3) is 0 Å². The highest BCUT2D eigenvalue weighted by Gasteiger charge is 2.61. The van der Waals surface area contributed by atoms with E-state index < -0.39 is 24.0 Å². The van der Waals surface area contributed by atoms with Crippen molar-refractivity contribution in [1.29, 1.82) is 0 Å². The number of aliphatic hydroxyl groups excluding tert-OH is 2. The molecule has 2 bridgehead atoms. The Morgan fingerprint density at radius 3 is 2.95 bits per heavy atom. The van der Waals surface area contributed by atoms with Gasteiger partial charge in [0.15, 0.2) is 17.7 Å². The number of aromatic nitrogens is 4. The van der Waals surface area contributed by atoms with E-state index in [1.54, 1.807) is 4.57 Å². The van der Waals surface area contributed by atoms with E-state index in [0.717, 1.165) is 0 Å². The summed E-state index contributed by atoms with van der Waals surface area (Å²) >= 11 is 0. The molecular formula is C11H14N6O4. The van der Waals surface area contributed by atoms with Crippen LogP contribution in [-0.4, -0.2) is 60.8 Å². The topological polar surface area (TPSA) is 155 Å². The van der Waals surface area contributed by atoms with E-state index in [0.29, 0.717) is 11.2 Å². The molecule has 2 aliphatic rings. The van der Waals surface area contributed by atoms with Gasteiger partial charge >= 0.3 is 0 Å². The predicted octanol–water partition coefficient (Wildman–Crippen LogP) is -1.99. The molecule has 0 radical (unpaired) electrons. The molecule has 6 N–H and O–H groups in total. The fourth-order valence-corrected chi connectivity index (χ4v) is 2.90. The Morgan fingerprint density at radius 2 is 2.24 bits per heavy atom. The number of nitrogens with zero attached hydrogens (tertiary/aromatic N) is 4. The van der Waals surface area contributed by atoms with Crippen molar-refractivity contribution in [3.63, 3.8) is 0 Å². The Bertz CT molecular complexity index is 720. The van der Waals surface area contributed by atoms with Crippen LogP contribution in [0.5, 0.6) is 0 Å². The van der Waals surface area contributed by atoms with Crippen molar-refractivity contribution in [3.8, 4) is 0 Å². The van der Waals surface area contributed by atoms with Gasteiger partial charge in [-0.05, 0) is 0 Å². The lowest BCUT2D eigenvalue weighted by Gasteiger charge is -2.29. The van der Waals surface area contributed by atoms with Crippen LogP contribution in [0.15, 0.2) is 6.33 Å². The molecule has 2 aromatic heterocycles. The second kappa shape index (κ2) is 4.01. The molecule has 0 saturated carbocycles. The Hall–Kier alpha value is -2.01. The summed E-state index contributed by atoms with van der Waals surface area (Å²) in [5.74, 6) is 0.181. The van der Waals surface area contributed by atoms with Crippen molar-refractivity contribution in [2.45, 2.75) is 24.0 Å². The van der Waals surface area contributed by atoms with E-state index in [-0.39, 0.29) is 25.0 Å². The molecule has 0 aliphatic carbocycles. The van der Waals surface area contributed by atoms with Crippen molar-refractivity contribution in [1.82, 2.24) is 19.5 Å². The monoisotopic (exact) mass is 294 g/mol. The first-order valence-electron chi connectivity index (χ1n) is 6.39. The van der Waals surface area contributed by atoms with E-state index >= 15 is 0 Å². The summed E-state index contributed by atoms with van der Waals surface area (Å²) in [7, 11) is 0. The number of fused-ring (bicyclic) bond motifs is 3. The van der Waals surface area contributed by atoms with Gasteiger partial charge < -0.3 is 31.2 Å². The number of hydrogen-bond acceptors (Lipinski definition) is 9. The van der Waals surface area contributed by atoms with Crippen LogP contribution in [0.3, 0.4) is 0 Å².